The van der Waals surface area contributed by atoms with Crippen LogP contribution in [0.5, 0.6) is 0 Å². The third-order valence-corrected chi connectivity index (χ3v) is 8.18. The Bertz CT molecular complexity index is 1860. The second kappa shape index (κ2) is 11.2. The van der Waals surface area contributed by atoms with E-state index in [1.807, 2.05) is 0 Å². The molecular formula is C30H20B6ClF5N4O. The number of benzene rings is 3. The first-order valence-electron chi connectivity index (χ1n) is 13.7. The van der Waals surface area contributed by atoms with Gasteiger partial charge in [0.25, 0.3) is 0 Å². The molecule has 3 aromatic carbocycles. The molecule has 3 aromatic rings. The van der Waals surface area contributed by atoms with Gasteiger partial charge in [-0.2, -0.15) is 13.2 Å². The Morgan fingerprint density at radius 3 is 2.17 bits per heavy atom. The van der Waals surface area contributed by atoms with Crippen LogP contribution in [0, 0.1) is 11.6 Å². The highest BCUT2D eigenvalue weighted by Crippen LogP contribution is 2.57. The number of aliphatic hydroxyl groups is 1. The van der Waals surface area contributed by atoms with E-state index in [1.54, 1.807) is 0 Å². The van der Waals surface area contributed by atoms with Gasteiger partial charge in [-0.15, -0.1) is 0 Å². The van der Waals surface area contributed by atoms with Gasteiger partial charge in [-0.3, -0.25) is 0 Å². The van der Waals surface area contributed by atoms with E-state index < -0.39 is 45.5 Å². The van der Waals surface area contributed by atoms with Crippen LogP contribution < -0.4 is 20.4 Å². The molecule has 0 aliphatic carbocycles. The van der Waals surface area contributed by atoms with Crippen molar-refractivity contribution in [2.24, 2.45) is 0 Å². The van der Waals surface area contributed by atoms with Gasteiger partial charge in [0, 0.05) is 44.4 Å². The molecule has 0 saturated carbocycles. The summed E-state index contributed by atoms with van der Waals surface area (Å²) in [6.45, 7) is 13.4. The Balaban J connectivity index is 1.83. The molecule has 5 rings (SSSR count). The summed E-state index contributed by atoms with van der Waals surface area (Å²) < 4.78 is 69.6. The molecule has 2 aliphatic rings. The molecule has 0 aromatic heterocycles. The van der Waals surface area contributed by atoms with Crippen LogP contribution in [0.4, 0.5) is 39.0 Å². The van der Waals surface area contributed by atoms with Crippen LogP contribution in [0.1, 0.15) is 40.8 Å². The fraction of sp³-hybridized carbons (Fsp3) is 0.200. The van der Waals surface area contributed by atoms with E-state index in [2.05, 4.69) is 30.4 Å². The third kappa shape index (κ3) is 5.88. The maximum atomic E-state index is 14.6. The SMILES string of the molecule is [B]C([B])(C)N1C(=C)N(C([B])([B])C([B])([B])O)c2cc(NC(=C)c3cc(F)cc(C(F)(F)F)c3)c3c(c21)C(=C)NC3c1cc(F)ccc1Cl. The van der Waals surface area contributed by atoms with Crippen molar-refractivity contribution in [2.75, 3.05) is 15.1 Å². The molecular weight excluding hydrogens is 628 g/mol. The minimum Gasteiger partial charge on any atom is -0.408 e. The molecule has 5 nitrogen and oxygen atoms in total. The number of nitrogens with one attached hydrogen (secondary N) is 2. The highest BCUT2D eigenvalue weighted by atomic mass is 35.5. The first-order chi connectivity index (χ1) is 21.4. The predicted octanol–water partition coefficient (Wildman–Crippen LogP) is 4.47. The summed E-state index contributed by atoms with van der Waals surface area (Å²) in [4.78, 5) is 2.39. The molecule has 0 fully saturated rings. The summed E-state index contributed by atoms with van der Waals surface area (Å²) in [5.41, 5.74) is -0.277. The highest BCUT2D eigenvalue weighted by molar-refractivity contribution is 6.55. The molecule has 1 unspecified atom stereocenters. The quantitative estimate of drug-likeness (QED) is 0.261. The number of nitrogens with zero attached hydrogens (tertiary/aromatic N) is 2. The number of fused-ring (bicyclic) bond motifs is 3. The van der Waals surface area contributed by atoms with Crippen LogP contribution in [0.3, 0.4) is 0 Å². The first kappa shape index (κ1) is 34.7. The standard InChI is InChI=1S/C30H20B6ClF5N4O/c1-12(15-7-16(28(40,41)42)9-18(39)8-15)43-21-11-22-26(46(27(4,31)32)14(3)45(22)29(33,34)30(35,36)47)23-13(2)44-25(24(21)23)19-10-17(38)5-6-20(19)37/h5-11,25,43-44,47H,1-3H2,4H3. The van der Waals surface area contributed by atoms with E-state index in [0.717, 1.165) is 17.0 Å². The molecule has 0 saturated heterocycles. The summed E-state index contributed by atoms with van der Waals surface area (Å²) in [5, 5.41) is 9.86. The normalized spacial score (nSPS) is 16.6. The molecule has 3 N–H and O–H groups in total. The Labute approximate surface area is 281 Å². The highest BCUT2D eigenvalue weighted by Gasteiger charge is 2.50. The summed E-state index contributed by atoms with van der Waals surface area (Å²) >= 11 is 6.51. The van der Waals surface area contributed by atoms with Crippen molar-refractivity contribution >= 4 is 87.1 Å². The Kier molecular flexibility index (Phi) is 8.29. The van der Waals surface area contributed by atoms with Crippen LogP contribution in [0.2, 0.25) is 5.02 Å². The van der Waals surface area contributed by atoms with E-state index >= 15 is 0 Å². The monoisotopic (exact) mass is 648 g/mol. The zero-order chi connectivity index (χ0) is 35.2. The van der Waals surface area contributed by atoms with E-state index in [4.69, 9.17) is 58.7 Å². The summed E-state index contributed by atoms with van der Waals surface area (Å²) in [6.07, 6.45) is -4.86. The lowest BCUT2D eigenvalue weighted by Crippen LogP contribution is -2.67. The summed E-state index contributed by atoms with van der Waals surface area (Å²) in [6, 6.07) is 6.06. The molecule has 2 aliphatic heterocycles. The van der Waals surface area contributed by atoms with Gasteiger partial charge >= 0.3 is 6.18 Å². The lowest BCUT2D eigenvalue weighted by molar-refractivity contribution is -0.137. The van der Waals surface area contributed by atoms with Crippen LogP contribution in [-0.2, 0) is 6.18 Å². The predicted molar refractivity (Wildman–Crippen MR) is 181 cm³/mol. The fourth-order valence-electron chi connectivity index (χ4n) is 5.71. The second-order valence-corrected chi connectivity index (χ2v) is 12.0. The third-order valence-electron chi connectivity index (χ3n) is 7.83. The van der Waals surface area contributed by atoms with Crippen molar-refractivity contribution in [3.05, 3.63) is 112 Å². The molecule has 0 bridgehead atoms. The van der Waals surface area contributed by atoms with Crippen LogP contribution in [-0.4, -0.2) is 68.3 Å². The molecule has 12 radical (unpaired) electrons. The maximum absolute atomic E-state index is 14.6. The molecule has 0 amide bonds. The van der Waals surface area contributed by atoms with Crippen molar-refractivity contribution in [3.8, 4) is 0 Å². The van der Waals surface area contributed by atoms with Crippen molar-refractivity contribution in [1.82, 2.24) is 5.32 Å². The molecule has 0 spiro atoms. The number of rotatable bonds is 7. The lowest BCUT2D eigenvalue weighted by atomic mass is 9.39. The molecule has 226 valence electrons. The zero-order valence-electron chi connectivity index (χ0n) is 24.8. The van der Waals surface area contributed by atoms with Crippen molar-refractivity contribution in [1.29, 1.82) is 0 Å². The number of hydrogen-bond donors (Lipinski definition) is 3. The zero-order valence-corrected chi connectivity index (χ0v) is 25.6. The molecule has 47 heavy (non-hydrogen) atoms. The molecule has 2 heterocycles. The van der Waals surface area contributed by atoms with Gasteiger partial charge in [-0.25, -0.2) is 8.78 Å². The minimum absolute atomic E-state index is 0.0506. The maximum Gasteiger partial charge on any atom is 0.416 e. The summed E-state index contributed by atoms with van der Waals surface area (Å²) in [5.74, 6) is -1.88. The van der Waals surface area contributed by atoms with E-state index in [9.17, 15) is 27.1 Å². The lowest BCUT2D eigenvalue weighted by Gasteiger charge is -2.50. The topological polar surface area (TPSA) is 50.8 Å². The smallest absolute Gasteiger partial charge is 0.408 e. The Hall–Kier alpha value is -3.63. The van der Waals surface area contributed by atoms with Crippen LogP contribution in [0.25, 0.3) is 11.4 Å². The largest absolute Gasteiger partial charge is 0.416 e. The van der Waals surface area contributed by atoms with Gasteiger partial charge in [0.05, 0.1) is 70.1 Å². The average Bonchev–Trinajstić information content (AvgIpc) is 3.42. The van der Waals surface area contributed by atoms with Crippen molar-refractivity contribution < 1.29 is 27.1 Å². The van der Waals surface area contributed by atoms with E-state index in [-0.39, 0.29) is 56.0 Å². The first-order valence-corrected chi connectivity index (χ1v) is 14.0. The second-order valence-electron chi connectivity index (χ2n) is 11.6. The van der Waals surface area contributed by atoms with Gasteiger partial charge in [0.2, 0.25) is 0 Å². The van der Waals surface area contributed by atoms with Gasteiger partial charge in [-0.1, -0.05) is 38.3 Å². The van der Waals surface area contributed by atoms with Crippen molar-refractivity contribution in [3.63, 3.8) is 0 Å². The number of hydrogen-bond acceptors (Lipinski definition) is 5. The van der Waals surface area contributed by atoms with Gasteiger partial charge < -0.3 is 25.5 Å². The number of halogens is 6. The van der Waals surface area contributed by atoms with E-state index in [0.29, 0.717) is 17.7 Å². The van der Waals surface area contributed by atoms with Gasteiger partial charge in [-0.05, 0) is 58.5 Å². The molecule has 1 atom stereocenters. The number of anilines is 3. The van der Waals surface area contributed by atoms with Crippen LogP contribution >= 0.6 is 11.6 Å². The molecule has 17 heteroatoms. The van der Waals surface area contributed by atoms with Gasteiger partial charge in [0.15, 0.2) is 0 Å². The Morgan fingerprint density at radius 2 is 1.60 bits per heavy atom. The van der Waals surface area contributed by atoms with E-state index in [1.165, 1.54) is 30.0 Å². The van der Waals surface area contributed by atoms with Crippen molar-refractivity contribution in [2.45, 2.75) is 35.2 Å². The minimum atomic E-state index is -4.86. The Morgan fingerprint density at radius 1 is 0.957 bits per heavy atom. The fourth-order valence-corrected chi connectivity index (χ4v) is 5.93. The average molecular weight is 648 g/mol. The number of alkyl halides is 3. The summed E-state index contributed by atoms with van der Waals surface area (Å²) in [7, 11) is 36.9. The van der Waals surface area contributed by atoms with Gasteiger partial charge in [0.1, 0.15) is 17.5 Å². The van der Waals surface area contributed by atoms with Crippen LogP contribution in [0.15, 0.2) is 68.0 Å².